The summed E-state index contributed by atoms with van der Waals surface area (Å²) in [6.07, 6.45) is 2.08. The molecule has 2 heterocycles. The second kappa shape index (κ2) is 16.0. The highest BCUT2D eigenvalue weighted by atomic mass is 32.2. The lowest BCUT2D eigenvalue weighted by atomic mass is 9.75. The summed E-state index contributed by atoms with van der Waals surface area (Å²) in [6.45, 7) is 9.37. The molecule has 0 radical (unpaired) electrons. The Bertz CT molecular complexity index is 2270. The highest BCUT2D eigenvalue weighted by Gasteiger charge is 2.54. The highest BCUT2D eigenvalue weighted by Crippen LogP contribution is 2.48. The SMILES string of the molecule is Cc1c(C)c2c(c(C)c1OCc1ccccc1)CCC(C)(COc1ccc(CC3SC(=O)N(C(c4ccccc4)(c4ccccc4)c4ccccc4)C3=O)cc1)O2. The summed E-state index contributed by atoms with van der Waals surface area (Å²) in [5, 5.41) is -0.839. The van der Waals surface area contributed by atoms with Gasteiger partial charge in [0, 0.05) is 5.56 Å². The predicted octanol–water partition coefficient (Wildman–Crippen LogP) is 11.0. The lowest BCUT2D eigenvalue weighted by molar-refractivity contribution is -0.129. The van der Waals surface area contributed by atoms with Crippen molar-refractivity contribution in [2.45, 2.75) is 70.0 Å². The smallest absolute Gasteiger partial charge is 0.290 e. The molecule has 2 atom stereocenters. The van der Waals surface area contributed by atoms with E-state index in [0.717, 1.165) is 86.4 Å². The van der Waals surface area contributed by atoms with Crippen molar-refractivity contribution in [1.82, 2.24) is 4.90 Å². The minimum Gasteiger partial charge on any atom is -0.489 e. The molecule has 8 rings (SSSR count). The van der Waals surface area contributed by atoms with E-state index in [4.69, 9.17) is 14.2 Å². The minimum absolute atomic E-state index is 0.208. The normalized spacial score (nSPS) is 17.9. The fraction of sp³-hybridized carbons (Fsp3) is 0.240. The molecule has 2 unspecified atom stereocenters. The number of imide groups is 1. The Balaban J connectivity index is 0.965. The van der Waals surface area contributed by atoms with Crippen LogP contribution in [-0.2, 0) is 29.8 Å². The Morgan fingerprint density at radius 3 is 1.79 bits per heavy atom. The van der Waals surface area contributed by atoms with Gasteiger partial charge in [-0.15, -0.1) is 0 Å². The van der Waals surface area contributed by atoms with Crippen molar-refractivity contribution in [3.05, 3.63) is 196 Å². The van der Waals surface area contributed by atoms with E-state index >= 15 is 0 Å². The van der Waals surface area contributed by atoms with Gasteiger partial charge in [0.05, 0.1) is 5.25 Å². The first-order valence-electron chi connectivity index (χ1n) is 19.6. The lowest BCUT2D eigenvalue weighted by Gasteiger charge is -2.42. The number of hydrogen-bond acceptors (Lipinski definition) is 6. The molecule has 0 aromatic heterocycles. The number of benzene rings is 6. The van der Waals surface area contributed by atoms with Crippen LogP contribution in [0.2, 0.25) is 0 Å². The van der Waals surface area contributed by atoms with E-state index in [9.17, 15) is 9.59 Å². The van der Waals surface area contributed by atoms with E-state index in [0.29, 0.717) is 19.6 Å². The van der Waals surface area contributed by atoms with Crippen LogP contribution in [0, 0.1) is 20.8 Å². The summed E-state index contributed by atoms with van der Waals surface area (Å²) < 4.78 is 19.5. The highest BCUT2D eigenvalue weighted by molar-refractivity contribution is 8.15. The zero-order valence-corrected chi connectivity index (χ0v) is 33.7. The van der Waals surface area contributed by atoms with Gasteiger partial charge in [0.15, 0.2) is 0 Å². The van der Waals surface area contributed by atoms with E-state index < -0.39 is 16.4 Å². The van der Waals surface area contributed by atoms with Gasteiger partial charge in [-0.1, -0.05) is 145 Å². The number of hydrogen-bond donors (Lipinski definition) is 0. The number of ether oxygens (including phenoxy) is 3. The number of carbonyl (C=O) groups excluding carboxylic acids is 2. The molecule has 0 saturated carbocycles. The van der Waals surface area contributed by atoms with Gasteiger partial charge in [0.25, 0.3) is 5.24 Å². The first kappa shape index (κ1) is 38.1. The van der Waals surface area contributed by atoms with Crippen LogP contribution in [0.4, 0.5) is 4.79 Å². The molecule has 0 spiro atoms. The number of amides is 2. The molecule has 2 amide bonds. The molecule has 2 aliphatic rings. The Hall–Kier alpha value is -5.79. The summed E-state index contributed by atoms with van der Waals surface area (Å²) in [6, 6.07) is 47.7. The molecule has 288 valence electrons. The fourth-order valence-corrected chi connectivity index (χ4v) is 9.37. The molecule has 6 aromatic rings. The first-order valence-corrected chi connectivity index (χ1v) is 20.5. The molecule has 6 aromatic carbocycles. The van der Waals surface area contributed by atoms with Gasteiger partial charge < -0.3 is 14.2 Å². The molecule has 6 nitrogen and oxygen atoms in total. The summed E-state index contributed by atoms with van der Waals surface area (Å²) in [5.41, 5.74) is 7.53. The molecule has 1 saturated heterocycles. The zero-order valence-electron chi connectivity index (χ0n) is 32.9. The van der Waals surface area contributed by atoms with Crippen molar-refractivity contribution >= 4 is 22.9 Å². The largest absolute Gasteiger partial charge is 0.489 e. The molecule has 57 heavy (non-hydrogen) atoms. The summed E-state index contributed by atoms with van der Waals surface area (Å²) >= 11 is 1.10. The van der Waals surface area contributed by atoms with Crippen LogP contribution in [0.15, 0.2) is 146 Å². The maximum absolute atomic E-state index is 14.6. The molecule has 2 aliphatic heterocycles. The van der Waals surface area contributed by atoms with Gasteiger partial charge >= 0.3 is 0 Å². The van der Waals surface area contributed by atoms with E-state index in [1.54, 1.807) is 0 Å². The molecule has 7 heteroatoms. The van der Waals surface area contributed by atoms with Crippen LogP contribution < -0.4 is 14.2 Å². The van der Waals surface area contributed by atoms with Crippen molar-refractivity contribution in [2.75, 3.05) is 6.61 Å². The summed E-state index contributed by atoms with van der Waals surface area (Å²) in [5.74, 6) is 2.39. The van der Waals surface area contributed by atoms with Crippen molar-refractivity contribution in [3.8, 4) is 17.2 Å². The van der Waals surface area contributed by atoms with Gasteiger partial charge in [-0.2, -0.15) is 0 Å². The van der Waals surface area contributed by atoms with E-state index in [-0.39, 0.29) is 11.1 Å². The topological polar surface area (TPSA) is 65.1 Å². The molecule has 0 bridgehead atoms. The van der Waals surface area contributed by atoms with Crippen molar-refractivity contribution in [1.29, 1.82) is 0 Å². The minimum atomic E-state index is -1.14. The predicted molar refractivity (Wildman–Crippen MR) is 227 cm³/mol. The molecule has 1 fully saturated rings. The van der Waals surface area contributed by atoms with Gasteiger partial charge in [0.2, 0.25) is 5.91 Å². The van der Waals surface area contributed by atoms with Gasteiger partial charge in [0.1, 0.15) is 41.6 Å². The monoisotopic (exact) mass is 773 g/mol. The van der Waals surface area contributed by atoms with Gasteiger partial charge in [-0.05, 0) is 104 Å². The second-order valence-electron chi connectivity index (χ2n) is 15.3. The molecular weight excluding hydrogens is 727 g/mol. The third-order valence-corrected chi connectivity index (χ3v) is 12.5. The quantitative estimate of drug-likeness (QED) is 0.115. The zero-order chi connectivity index (χ0) is 39.6. The summed E-state index contributed by atoms with van der Waals surface area (Å²) in [4.78, 5) is 30.2. The second-order valence-corrected chi connectivity index (χ2v) is 16.5. The number of thioether (sulfide) groups is 1. The number of carbonyl (C=O) groups is 2. The van der Waals surface area contributed by atoms with Crippen LogP contribution in [0.25, 0.3) is 0 Å². The van der Waals surface area contributed by atoms with Crippen molar-refractivity contribution in [3.63, 3.8) is 0 Å². The summed E-state index contributed by atoms with van der Waals surface area (Å²) in [7, 11) is 0. The Morgan fingerprint density at radius 2 is 1.23 bits per heavy atom. The van der Waals surface area contributed by atoms with E-state index in [2.05, 4.69) is 39.8 Å². The van der Waals surface area contributed by atoms with Gasteiger partial charge in [-0.25, -0.2) is 0 Å². The van der Waals surface area contributed by atoms with Crippen molar-refractivity contribution in [2.24, 2.45) is 0 Å². The van der Waals surface area contributed by atoms with E-state index in [1.165, 1.54) is 10.5 Å². The number of fused-ring (bicyclic) bond motifs is 1. The Morgan fingerprint density at radius 1 is 0.684 bits per heavy atom. The number of nitrogens with zero attached hydrogens (tertiary/aromatic N) is 1. The van der Waals surface area contributed by atoms with Crippen LogP contribution in [0.3, 0.4) is 0 Å². The van der Waals surface area contributed by atoms with Gasteiger partial charge in [-0.3, -0.25) is 14.5 Å². The number of rotatable bonds is 12. The van der Waals surface area contributed by atoms with Crippen LogP contribution in [0.5, 0.6) is 17.2 Å². The Kier molecular flexibility index (Phi) is 10.7. The van der Waals surface area contributed by atoms with Crippen LogP contribution in [0.1, 0.15) is 63.4 Å². The maximum Gasteiger partial charge on any atom is 0.290 e. The first-order chi connectivity index (χ1) is 27.7. The third kappa shape index (κ3) is 7.33. The molecular formula is C50H47NO5S. The lowest BCUT2D eigenvalue weighted by Crippen LogP contribution is -2.51. The average Bonchev–Trinajstić information content (AvgIpc) is 3.53. The van der Waals surface area contributed by atoms with Crippen LogP contribution >= 0.6 is 11.8 Å². The van der Waals surface area contributed by atoms with Crippen LogP contribution in [-0.4, -0.2) is 33.5 Å². The molecule has 0 aliphatic carbocycles. The Labute approximate surface area is 339 Å². The third-order valence-electron chi connectivity index (χ3n) is 11.5. The average molecular weight is 774 g/mol. The van der Waals surface area contributed by atoms with E-state index in [1.807, 2.05) is 133 Å². The molecule has 0 N–H and O–H groups in total. The maximum atomic E-state index is 14.6. The fourth-order valence-electron chi connectivity index (χ4n) is 8.32. The van der Waals surface area contributed by atoms with Crippen molar-refractivity contribution < 1.29 is 23.8 Å². The standard InChI is InChI=1S/C50H47NO5S/c1-34-35(2)46-43(36(3)45(34)54-32-38-17-9-5-10-18-38)29-30-49(4,56-46)33-55-42-27-25-37(26-28-42)31-44-47(52)51(48(53)57-44)50(39-19-11-6-12-20-39,40-21-13-7-14-22-40)41-23-15-8-16-24-41/h5-28,44H,29-33H2,1-4H3.